The van der Waals surface area contributed by atoms with E-state index in [4.69, 9.17) is 4.74 Å². The summed E-state index contributed by atoms with van der Waals surface area (Å²) in [6, 6.07) is 3.43. The Balaban J connectivity index is 1.49. The summed E-state index contributed by atoms with van der Waals surface area (Å²) in [7, 11) is 0. The van der Waals surface area contributed by atoms with Crippen molar-refractivity contribution < 1.29 is 14.3 Å². The fourth-order valence-electron chi connectivity index (χ4n) is 2.16. The van der Waals surface area contributed by atoms with Gasteiger partial charge >= 0.3 is 0 Å². The number of hydrogen-bond donors (Lipinski definition) is 1. The van der Waals surface area contributed by atoms with Crippen LogP contribution in [0.5, 0.6) is 0 Å². The van der Waals surface area contributed by atoms with Crippen LogP contribution in [0.1, 0.15) is 22.5 Å². The molecule has 1 N–H and O–H groups in total. The number of imide groups is 1. The summed E-state index contributed by atoms with van der Waals surface area (Å²) in [5, 5.41) is 16.1. The van der Waals surface area contributed by atoms with Crippen molar-refractivity contribution in [3.05, 3.63) is 22.4 Å². The molecule has 10 heteroatoms. The quantitative estimate of drug-likeness (QED) is 0.772. The lowest BCUT2D eigenvalue weighted by atomic mass is 10.2. The van der Waals surface area contributed by atoms with Gasteiger partial charge in [0, 0.05) is 6.61 Å². The van der Waals surface area contributed by atoms with Crippen molar-refractivity contribution in [2.45, 2.75) is 30.6 Å². The molecule has 0 aliphatic carbocycles. The minimum Gasteiger partial charge on any atom is -0.376 e. The Hall–Kier alpha value is -1.78. The number of thioether (sulfide) groups is 1. The highest BCUT2D eigenvalue weighted by molar-refractivity contribution is 7.99. The first kappa shape index (κ1) is 16.1. The van der Waals surface area contributed by atoms with Crippen molar-refractivity contribution in [2.75, 3.05) is 12.4 Å². The zero-order valence-corrected chi connectivity index (χ0v) is 13.8. The monoisotopic (exact) mass is 353 g/mol. The first-order valence-electron chi connectivity index (χ1n) is 7.10. The SMILES string of the molecule is O=C(CSc1nnnn1CC1CCCO1)NC(=O)c1cccs1. The van der Waals surface area contributed by atoms with Crippen LogP contribution < -0.4 is 5.32 Å². The molecule has 23 heavy (non-hydrogen) atoms. The molecular formula is C13H15N5O3S2. The summed E-state index contributed by atoms with van der Waals surface area (Å²) in [5.74, 6) is -0.687. The third-order valence-electron chi connectivity index (χ3n) is 3.23. The molecule has 0 radical (unpaired) electrons. The van der Waals surface area contributed by atoms with E-state index < -0.39 is 0 Å². The van der Waals surface area contributed by atoms with Crippen molar-refractivity contribution in [2.24, 2.45) is 0 Å². The number of amides is 2. The lowest BCUT2D eigenvalue weighted by molar-refractivity contribution is -0.117. The molecule has 1 saturated heterocycles. The number of ether oxygens (including phenoxy) is 1. The van der Waals surface area contributed by atoms with Crippen molar-refractivity contribution >= 4 is 34.9 Å². The molecule has 3 heterocycles. The first-order valence-corrected chi connectivity index (χ1v) is 8.97. The van der Waals surface area contributed by atoms with Gasteiger partial charge in [-0.05, 0) is 34.7 Å². The largest absolute Gasteiger partial charge is 0.376 e. The molecule has 8 nitrogen and oxygen atoms in total. The van der Waals surface area contributed by atoms with E-state index in [0.717, 1.165) is 19.4 Å². The standard InChI is InChI=1S/C13H15N5O3S2/c19-11(14-12(20)10-4-2-6-22-10)8-23-13-15-16-17-18(13)7-9-3-1-5-21-9/h2,4,6,9H,1,3,5,7-8H2,(H,14,19,20). The van der Waals surface area contributed by atoms with E-state index in [9.17, 15) is 9.59 Å². The molecule has 2 aromatic heterocycles. The average molecular weight is 353 g/mol. The van der Waals surface area contributed by atoms with Gasteiger partial charge in [-0.25, -0.2) is 4.68 Å². The molecule has 1 atom stereocenters. The van der Waals surface area contributed by atoms with Crippen LogP contribution in [-0.2, 0) is 16.1 Å². The maximum absolute atomic E-state index is 11.8. The molecule has 0 spiro atoms. The Labute approximate surface area is 140 Å². The van der Waals surface area contributed by atoms with Gasteiger partial charge in [-0.1, -0.05) is 17.8 Å². The van der Waals surface area contributed by atoms with Gasteiger partial charge in [-0.2, -0.15) is 0 Å². The molecule has 122 valence electrons. The molecule has 2 amide bonds. The predicted molar refractivity (Wildman–Crippen MR) is 84.3 cm³/mol. The molecule has 1 aliphatic heterocycles. The van der Waals surface area contributed by atoms with Gasteiger partial charge < -0.3 is 4.74 Å². The lowest BCUT2D eigenvalue weighted by Crippen LogP contribution is -2.31. The molecule has 0 saturated carbocycles. The second-order valence-corrected chi connectivity index (χ2v) is 6.81. The van der Waals surface area contributed by atoms with Gasteiger partial charge in [0.1, 0.15) is 0 Å². The van der Waals surface area contributed by atoms with Gasteiger partial charge in [0.15, 0.2) is 0 Å². The van der Waals surface area contributed by atoms with Crippen molar-refractivity contribution in [3.8, 4) is 0 Å². The second kappa shape index (κ2) is 7.66. The first-order chi connectivity index (χ1) is 11.2. The summed E-state index contributed by atoms with van der Waals surface area (Å²) in [5.41, 5.74) is 0. The zero-order valence-electron chi connectivity index (χ0n) is 12.2. The highest BCUT2D eigenvalue weighted by Crippen LogP contribution is 2.18. The van der Waals surface area contributed by atoms with Crippen LogP contribution in [0.3, 0.4) is 0 Å². The Morgan fingerprint density at radius 1 is 1.52 bits per heavy atom. The van der Waals surface area contributed by atoms with Gasteiger partial charge in [0.2, 0.25) is 11.1 Å². The highest BCUT2D eigenvalue weighted by Gasteiger charge is 2.19. The van der Waals surface area contributed by atoms with Gasteiger partial charge in [-0.15, -0.1) is 16.4 Å². The van der Waals surface area contributed by atoms with E-state index in [1.54, 1.807) is 22.2 Å². The molecule has 2 aromatic rings. The summed E-state index contributed by atoms with van der Waals surface area (Å²) in [6.07, 6.45) is 2.15. The van der Waals surface area contributed by atoms with Crippen molar-refractivity contribution in [3.63, 3.8) is 0 Å². The van der Waals surface area contributed by atoms with Gasteiger partial charge in [0.05, 0.1) is 23.3 Å². The second-order valence-electron chi connectivity index (χ2n) is 4.92. The number of nitrogens with one attached hydrogen (secondary N) is 1. The highest BCUT2D eigenvalue weighted by atomic mass is 32.2. The minimum atomic E-state index is -0.385. The maximum Gasteiger partial charge on any atom is 0.267 e. The van der Waals surface area contributed by atoms with E-state index in [-0.39, 0.29) is 23.7 Å². The summed E-state index contributed by atoms with van der Waals surface area (Å²) >= 11 is 2.48. The van der Waals surface area contributed by atoms with Crippen LogP contribution >= 0.6 is 23.1 Å². The number of carbonyl (C=O) groups excluding carboxylic acids is 2. The minimum absolute atomic E-state index is 0.0724. The molecular weight excluding hydrogens is 338 g/mol. The van der Waals surface area contributed by atoms with E-state index in [1.807, 2.05) is 0 Å². The Kier molecular flexibility index (Phi) is 5.36. The number of aromatic nitrogens is 4. The normalized spacial score (nSPS) is 17.3. The summed E-state index contributed by atoms with van der Waals surface area (Å²) < 4.78 is 7.19. The number of nitrogens with zero attached hydrogens (tertiary/aromatic N) is 4. The average Bonchev–Trinajstić information content (AvgIpc) is 3.29. The smallest absolute Gasteiger partial charge is 0.267 e. The van der Waals surface area contributed by atoms with Gasteiger partial charge in [-0.3, -0.25) is 14.9 Å². The number of carbonyl (C=O) groups is 2. The maximum atomic E-state index is 11.8. The third-order valence-corrected chi connectivity index (χ3v) is 5.06. The van der Waals surface area contributed by atoms with Crippen LogP contribution in [0.2, 0.25) is 0 Å². The van der Waals surface area contributed by atoms with Crippen LogP contribution in [0.25, 0.3) is 0 Å². The van der Waals surface area contributed by atoms with E-state index in [1.165, 1.54) is 23.1 Å². The van der Waals surface area contributed by atoms with Gasteiger partial charge in [0.25, 0.3) is 5.91 Å². The number of hydrogen-bond acceptors (Lipinski definition) is 8. The lowest BCUT2D eigenvalue weighted by Gasteiger charge is -2.09. The topological polar surface area (TPSA) is 99.0 Å². The van der Waals surface area contributed by atoms with Crippen molar-refractivity contribution in [1.82, 2.24) is 25.5 Å². The van der Waals surface area contributed by atoms with E-state index in [0.29, 0.717) is 16.6 Å². The molecule has 0 aromatic carbocycles. The fourth-order valence-corrected chi connectivity index (χ4v) is 3.46. The Morgan fingerprint density at radius 2 is 2.43 bits per heavy atom. The number of tetrazole rings is 1. The molecule has 1 fully saturated rings. The predicted octanol–water partition coefficient (Wildman–Crippen LogP) is 0.962. The van der Waals surface area contributed by atoms with Crippen LogP contribution in [-0.4, -0.2) is 50.5 Å². The summed E-state index contributed by atoms with van der Waals surface area (Å²) in [6.45, 7) is 1.34. The van der Waals surface area contributed by atoms with Crippen molar-refractivity contribution in [1.29, 1.82) is 0 Å². The molecule has 3 rings (SSSR count). The molecule has 0 bridgehead atoms. The fraction of sp³-hybridized carbons (Fsp3) is 0.462. The molecule has 1 unspecified atom stereocenters. The number of thiophene rings is 1. The number of rotatable bonds is 6. The Morgan fingerprint density at radius 3 is 3.17 bits per heavy atom. The third kappa shape index (κ3) is 4.36. The van der Waals surface area contributed by atoms with E-state index in [2.05, 4.69) is 20.8 Å². The van der Waals surface area contributed by atoms with Crippen LogP contribution in [0, 0.1) is 0 Å². The van der Waals surface area contributed by atoms with Crippen LogP contribution in [0.4, 0.5) is 0 Å². The van der Waals surface area contributed by atoms with E-state index >= 15 is 0 Å². The molecule has 1 aliphatic rings. The summed E-state index contributed by atoms with van der Waals surface area (Å²) in [4.78, 5) is 24.1. The zero-order chi connectivity index (χ0) is 16.1. The Bertz CT molecular complexity index is 667. The van der Waals surface area contributed by atoms with Crippen LogP contribution in [0.15, 0.2) is 22.7 Å².